The quantitative estimate of drug-likeness (QED) is 0.193. The molecule has 0 aliphatic carbocycles. The van der Waals surface area contributed by atoms with E-state index in [9.17, 15) is 18.0 Å². The molecule has 4 rings (SSSR count). The highest BCUT2D eigenvalue weighted by Crippen LogP contribution is 2.27. The van der Waals surface area contributed by atoms with Crippen LogP contribution in [0, 0.1) is 11.7 Å². The summed E-state index contributed by atoms with van der Waals surface area (Å²) in [6, 6.07) is 28.0. The van der Waals surface area contributed by atoms with E-state index in [0.29, 0.717) is 17.1 Å². The van der Waals surface area contributed by atoms with Gasteiger partial charge in [-0.05, 0) is 53.4 Å². The number of sulfonamides is 1. The summed E-state index contributed by atoms with van der Waals surface area (Å²) in [6.07, 6.45) is 0.169. The zero-order valence-electron chi connectivity index (χ0n) is 24.6. The summed E-state index contributed by atoms with van der Waals surface area (Å²) in [5.41, 5.74) is 1.17. The van der Waals surface area contributed by atoms with E-state index < -0.39 is 34.3 Å². The number of nitrogens with zero attached hydrogens (tertiary/aromatic N) is 2. The SMILES string of the molecule is CC(C)CNC(=O)[C@H](Cc1ccccc1)N(Cc1cccc(Cl)c1)C(=O)CN(c1ccccc1F)S(=O)(=O)c1ccccc1. The van der Waals surface area contributed by atoms with Crippen LogP contribution in [-0.4, -0.2) is 44.3 Å². The zero-order chi connectivity index (χ0) is 31.7. The van der Waals surface area contributed by atoms with Crippen LogP contribution in [0.4, 0.5) is 10.1 Å². The molecular weight excluding hydrogens is 601 g/mol. The topological polar surface area (TPSA) is 86.8 Å². The Balaban J connectivity index is 1.80. The van der Waals surface area contributed by atoms with Crippen LogP contribution >= 0.6 is 11.6 Å². The number of halogens is 2. The molecule has 4 aromatic rings. The molecule has 0 saturated carbocycles. The van der Waals surface area contributed by atoms with Crippen molar-refractivity contribution in [3.63, 3.8) is 0 Å². The molecule has 0 bridgehead atoms. The molecule has 0 saturated heterocycles. The smallest absolute Gasteiger partial charge is 0.264 e. The van der Waals surface area contributed by atoms with E-state index in [1.807, 2.05) is 44.2 Å². The summed E-state index contributed by atoms with van der Waals surface area (Å²) in [6.45, 7) is 3.52. The number of carbonyl (C=O) groups is 2. The molecule has 0 heterocycles. The number of benzene rings is 4. The van der Waals surface area contributed by atoms with E-state index in [0.717, 1.165) is 15.9 Å². The van der Waals surface area contributed by atoms with Crippen molar-refractivity contribution in [1.29, 1.82) is 0 Å². The molecule has 7 nitrogen and oxygen atoms in total. The van der Waals surface area contributed by atoms with E-state index in [1.165, 1.54) is 35.2 Å². The van der Waals surface area contributed by atoms with Gasteiger partial charge in [-0.15, -0.1) is 0 Å². The molecule has 230 valence electrons. The Labute approximate surface area is 263 Å². The van der Waals surface area contributed by atoms with E-state index in [-0.39, 0.29) is 35.4 Å². The summed E-state index contributed by atoms with van der Waals surface area (Å²) in [4.78, 5) is 29.4. The van der Waals surface area contributed by atoms with Crippen LogP contribution in [-0.2, 0) is 32.6 Å². The van der Waals surface area contributed by atoms with E-state index in [4.69, 9.17) is 11.6 Å². The van der Waals surface area contributed by atoms with Crippen molar-refractivity contribution in [3.05, 3.63) is 131 Å². The molecule has 0 unspecified atom stereocenters. The molecule has 1 N–H and O–H groups in total. The maximum Gasteiger partial charge on any atom is 0.264 e. The molecule has 0 fully saturated rings. The molecule has 0 aliphatic heterocycles. The highest BCUT2D eigenvalue weighted by Gasteiger charge is 2.35. The number of hydrogen-bond acceptors (Lipinski definition) is 4. The van der Waals surface area contributed by atoms with E-state index >= 15 is 4.39 Å². The highest BCUT2D eigenvalue weighted by atomic mass is 35.5. The van der Waals surface area contributed by atoms with Gasteiger partial charge < -0.3 is 10.2 Å². The second-order valence-corrected chi connectivity index (χ2v) is 13.1. The Bertz CT molecular complexity index is 1670. The lowest BCUT2D eigenvalue weighted by molar-refractivity contribution is -0.140. The first kappa shape index (κ1) is 32.7. The summed E-state index contributed by atoms with van der Waals surface area (Å²) >= 11 is 6.26. The molecule has 0 radical (unpaired) electrons. The number of amides is 2. The fraction of sp³-hybridized carbons (Fsp3) is 0.235. The number of para-hydroxylation sites is 1. The lowest BCUT2D eigenvalue weighted by atomic mass is 10.0. The van der Waals surface area contributed by atoms with Crippen LogP contribution in [0.5, 0.6) is 0 Å². The van der Waals surface area contributed by atoms with Crippen molar-refractivity contribution >= 4 is 39.1 Å². The lowest BCUT2D eigenvalue weighted by Crippen LogP contribution is -2.53. The van der Waals surface area contributed by atoms with Gasteiger partial charge in [0, 0.05) is 24.5 Å². The predicted octanol–water partition coefficient (Wildman–Crippen LogP) is 6.09. The van der Waals surface area contributed by atoms with Crippen molar-refractivity contribution in [1.82, 2.24) is 10.2 Å². The van der Waals surface area contributed by atoms with Gasteiger partial charge >= 0.3 is 0 Å². The van der Waals surface area contributed by atoms with Gasteiger partial charge in [0.2, 0.25) is 11.8 Å². The molecule has 44 heavy (non-hydrogen) atoms. The minimum absolute atomic E-state index is 0.0392. The van der Waals surface area contributed by atoms with E-state index in [2.05, 4.69) is 5.32 Å². The summed E-state index contributed by atoms with van der Waals surface area (Å²) in [5, 5.41) is 3.38. The Morgan fingerprint density at radius 1 is 0.841 bits per heavy atom. The lowest BCUT2D eigenvalue weighted by Gasteiger charge is -2.34. The molecule has 0 spiro atoms. The third-order valence-corrected chi connectivity index (χ3v) is 8.94. The maximum atomic E-state index is 15.2. The first-order valence-corrected chi connectivity index (χ1v) is 16.1. The predicted molar refractivity (Wildman–Crippen MR) is 171 cm³/mol. The largest absolute Gasteiger partial charge is 0.354 e. The zero-order valence-corrected chi connectivity index (χ0v) is 26.1. The third-order valence-electron chi connectivity index (χ3n) is 6.93. The maximum absolute atomic E-state index is 15.2. The highest BCUT2D eigenvalue weighted by molar-refractivity contribution is 7.92. The molecule has 4 aromatic carbocycles. The van der Waals surface area contributed by atoms with Crippen LogP contribution in [0.25, 0.3) is 0 Å². The van der Waals surface area contributed by atoms with Crippen molar-refractivity contribution in [2.45, 2.75) is 37.8 Å². The van der Waals surface area contributed by atoms with Crippen LogP contribution in [0.3, 0.4) is 0 Å². The van der Waals surface area contributed by atoms with Gasteiger partial charge in [-0.3, -0.25) is 13.9 Å². The van der Waals surface area contributed by atoms with Crippen molar-refractivity contribution in [2.24, 2.45) is 5.92 Å². The van der Waals surface area contributed by atoms with Crippen LogP contribution in [0.15, 0.2) is 114 Å². The van der Waals surface area contributed by atoms with E-state index in [1.54, 1.807) is 42.5 Å². The minimum Gasteiger partial charge on any atom is -0.354 e. The van der Waals surface area contributed by atoms with Crippen LogP contribution in [0.1, 0.15) is 25.0 Å². The third kappa shape index (κ3) is 8.45. The van der Waals surface area contributed by atoms with Crippen molar-refractivity contribution in [3.8, 4) is 0 Å². The Morgan fingerprint density at radius 3 is 2.09 bits per heavy atom. The molecule has 2 amide bonds. The first-order valence-electron chi connectivity index (χ1n) is 14.2. The van der Waals surface area contributed by atoms with Crippen molar-refractivity contribution < 1.29 is 22.4 Å². The van der Waals surface area contributed by atoms with Crippen molar-refractivity contribution in [2.75, 3.05) is 17.4 Å². The Morgan fingerprint density at radius 2 is 1.45 bits per heavy atom. The van der Waals surface area contributed by atoms with Gasteiger partial charge in [0.25, 0.3) is 10.0 Å². The molecule has 0 aliphatic rings. The first-order chi connectivity index (χ1) is 21.1. The number of rotatable bonds is 13. The van der Waals surface area contributed by atoms with Crippen LogP contribution < -0.4 is 9.62 Å². The Kier molecular flexibility index (Phi) is 11.1. The summed E-state index contributed by atoms with van der Waals surface area (Å²) in [5.74, 6) is -1.73. The minimum atomic E-state index is -4.39. The molecule has 0 aromatic heterocycles. The van der Waals surface area contributed by atoms with Gasteiger partial charge in [0.1, 0.15) is 18.4 Å². The molecular formula is C34H35ClFN3O4S. The normalized spacial score (nSPS) is 12.0. The molecule has 10 heteroatoms. The molecule has 1 atom stereocenters. The standard InChI is InChI=1S/C34H35ClFN3O4S/c1-25(2)22-37-34(41)32(21-26-12-5-3-6-13-26)38(23-27-14-11-15-28(35)20-27)33(40)24-39(31-19-10-9-18-30(31)36)44(42,43)29-16-7-4-8-17-29/h3-20,25,32H,21-24H2,1-2H3,(H,37,41)/t32-/m0/s1. The van der Waals surface area contributed by atoms with Gasteiger partial charge in [0.15, 0.2) is 0 Å². The second-order valence-electron chi connectivity index (χ2n) is 10.8. The monoisotopic (exact) mass is 635 g/mol. The summed E-state index contributed by atoms with van der Waals surface area (Å²) in [7, 11) is -4.39. The van der Waals surface area contributed by atoms with Crippen LogP contribution in [0.2, 0.25) is 5.02 Å². The van der Waals surface area contributed by atoms with Gasteiger partial charge in [-0.1, -0.05) is 98.2 Å². The van der Waals surface area contributed by atoms with Gasteiger partial charge in [-0.25, -0.2) is 12.8 Å². The number of hydrogen-bond donors (Lipinski definition) is 1. The fourth-order valence-electron chi connectivity index (χ4n) is 4.70. The number of anilines is 1. The van der Waals surface area contributed by atoms with Gasteiger partial charge in [-0.2, -0.15) is 0 Å². The van der Waals surface area contributed by atoms with Gasteiger partial charge in [0.05, 0.1) is 10.6 Å². The average Bonchev–Trinajstić information content (AvgIpc) is 3.01. The Hall–Kier alpha value is -4.21. The number of nitrogens with one attached hydrogen (secondary N) is 1. The summed E-state index contributed by atoms with van der Waals surface area (Å²) < 4.78 is 43.7. The fourth-order valence-corrected chi connectivity index (χ4v) is 6.35. The average molecular weight is 636 g/mol. The number of carbonyl (C=O) groups excluding carboxylic acids is 2. The second kappa shape index (κ2) is 15.0.